The quantitative estimate of drug-likeness (QED) is 0.494. The number of urea groups is 1. The fourth-order valence-electron chi connectivity index (χ4n) is 0.635. The molecule has 10 heavy (non-hydrogen) atoms. The van der Waals surface area contributed by atoms with E-state index in [4.69, 9.17) is 5.73 Å². The predicted molar refractivity (Wildman–Crippen MR) is 37.7 cm³/mol. The van der Waals surface area contributed by atoms with Gasteiger partial charge in [-0.05, 0) is 0 Å². The number of nitrogens with one attached hydrogen (secondary N) is 1. The van der Waals surface area contributed by atoms with Gasteiger partial charge in [0.2, 0.25) is 0 Å². The molecule has 54 valence electrons. The van der Waals surface area contributed by atoms with Gasteiger partial charge in [-0.2, -0.15) is 0 Å². The Balaban J connectivity index is 2.89. The standard InChI is InChI=1S/C6H9N3O/c1-4-5(7)3-9(2)6(10)8-4/h3H,1,7H2,2H3,(H,8,10). The number of hydrogen-bond donors (Lipinski definition) is 2. The maximum atomic E-state index is 10.8. The molecule has 0 aromatic carbocycles. The summed E-state index contributed by atoms with van der Waals surface area (Å²) in [5.41, 5.74) is 6.39. The zero-order chi connectivity index (χ0) is 7.72. The molecule has 0 saturated heterocycles. The molecule has 0 aromatic rings. The van der Waals surface area contributed by atoms with Gasteiger partial charge in [-0.25, -0.2) is 4.79 Å². The molecule has 0 saturated carbocycles. The summed E-state index contributed by atoms with van der Waals surface area (Å²) in [6.45, 7) is 3.53. The first-order chi connectivity index (χ1) is 4.61. The van der Waals surface area contributed by atoms with Crippen LogP contribution in [-0.2, 0) is 0 Å². The van der Waals surface area contributed by atoms with E-state index in [1.54, 1.807) is 7.05 Å². The molecule has 0 bridgehead atoms. The van der Waals surface area contributed by atoms with Crippen LogP contribution in [0.1, 0.15) is 0 Å². The number of rotatable bonds is 0. The third-order valence-corrected chi connectivity index (χ3v) is 1.26. The van der Waals surface area contributed by atoms with E-state index in [1.165, 1.54) is 11.1 Å². The summed E-state index contributed by atoms with van der Waals surface area (Å²) in [5.74, 6) is 0. The van der Waals surface area contributed by atoms with Crippen molar-refractivity contribution in [2.75, 3.05) is 7.05 Å². The molecule has 1 aliphatic rings. The second-order valence-electron chi connectivity index (χ2n) is 2.10. The minimum Gasteiger partial charge on any atom is -0.396 e. The van der Waals surface area contributed by atoms with Crippen LogP contribution >= 0.6 is 0 Å². The predicted octanol–water partition coefficient (Wildman–Crippen LogP) is -0.0448. The van der Waals surface area contributed by atoms with Gasteiger partial charge in [0, 0.05) is 13.2 Å². The van der Waals surface area contributed by atoms with Crippen LogP contribution in [0.5, 0.6) is 0 Å². The third-order valence-electron chi connectivity index (χ3n) is 1.26. The van der Waals surface area contributed by atoms with Crippen LogP contribution < -0.4 is 11.1 Å². The molecule has 0 fully saturated rings. The summed E-state index contributed by atoms with van der Waals surface area (Å²) in [4.78, 5) is 12.2. The van der Waals surface area contributed by atoms with Crippen LogP contribution in [0, 0.1) is 0 Å². The van der Waals surface area contributed by atoms with Crippen molar-refractivity contribution >= 4 is 6.03 Å². The third kappa shape index (κ3) is 0.953. The molecular weight excluding hydrogens is 130 g/mol. The molecule has 1 rings (SSSR count). The molecule has 4 heteroatoms. The highest BCUT2D eigenvalue weighted by molar-refractivity contribution is 5.79. The molecular formula is C6H9N3O. The van der Waals surface area contributed by atoms with E-state index >= 15 is 0 Å². The van der Waals surface area contributed by atoms with Crippen molar-refractivity contribution in [2.45, 2.75) is 0 Å². The summed E-state index contributed by atoms with van der Waals surface area (Å²) in [6.07, 6.45) is 1.53. The lowest BCUT2D eigenvalue weighted by Gasteiger charge is -2.21. The van der Waals surface area contributed by atoms with Crippen molar-refractivity contribution in [3.63, 3.8) is 0 Å². The van der Waals surface area contributed by atoms with Gasteiger partial charge in [-0.15, -0.1) is 0 Å². The van der Waals surface area contributed by atoms with Crippen LogP contribution in [0.25, 0.3) is 0 Å². The van der Waals surface area contributed by atoms with Gasteiger partial charge in [0.05, 0.1) is 11.4 Å². The van der Waals surface area contributed by atoms with Gasteiger partial charge < -0.3 is 16.0 Å². The van der Waals surface area contributed by atoms with Crippen LogP contribution in [0.4, 0.5) is 4.79 Å². The second-order valence-corrected chi connectivity index (χ2v) is 2.10. The highest BCUT2D eigenvalue weighted by atomic mass is 16.2. The molecule has 3 N–H and O–H groups in total. The van der Waals surface area contributed by atoms with E-state index in [1.807, 2.05) is 0 Å². The maximum Gasteiger partial charge on any atom is 0.325 e. The molecule has 2 amide bonds. The number of hydrogen-bond acceptors (Lipinski definition) is 2. The van der Waals surface area contributed by atoms with Gasteiger partial charge in [0.15, 0.2) is 0 Å². The molecule has 1 aliphatic heterocycles. The number of amides is 2. The fraction of sp³-hybridized carbons (Fsp3) is 0.167. The fourth-order valence-corrected chi connectivity index (χ4v) is 0.635. The summed E-state index contributed by atoms with van der Waals surface area (Å²) in [7, 11) is 1.62. The molecule has 0 radical (unpaired) electrons. The molecule has 0 spiro atoms. The first-order valence-corrected chi connectivity index (χ1v) is 2.81. The molecule has 0 atom stereocenters. The van der Waals surface area contributed by atoms with Crippen molar-refractivity contribution in [1.29, 1.82) is 0 Å². The number of carbonyl (C=O) groups excluding carboxylic acids is 1. The van der Waals surface area contributed by atoms with Gasteiger partial charge in [0.1, 0.15) is 0 Å². The topological polar surface area (TPSA) is 58.4 Å². The summed E-state index contributed by atoms with van der Waals surface area (Å²) in [6, 6.07) is -0.209. The van der Waals surface area contributed by atoms with Crippen molar-refractivity contribution < 1.29 is 4.79 Å². The average molecular weight is 139 g/mol. The number of carbonyl (C=O) groups is 1. The Morgan fingerprint density at radius 1 is 1.80 bits per heavy atom. The number of nitrogens with zero attached hydrogens (tertiary/aromatic N) is 1. The van der Waals surface area contributed by atoms with Gasteiger partial charge in [-0.3, -0.25) is 0 Å². The Hall–Kier alpha value is -1.45. The van der Waals surface area contributed by atoms with Crippen molar-refractivity contribution in [3.05, 3.63) is 24.2 Å². The second kappa shape index (κ2) is 2.06. The van der Waals surface area contributed by atoms with Gasteiger partial charge >= 0.3 is 6.03 Å². The first-order valence-electron chi connectivity index (χ1n) is 2.81. The van der Waals surface area contributed by atoms with Gasteiger partial charge in [-0.1, -0.05) is 6.58 Å². The van der Waals surface area contributed by atoms with E-state index in [2.05, 4.69) is 11.9 Å². The lowest BCUT2D eigenvalue weighted by Crippen LogP contribution is -2.39. The minimum atomic E-state index is -0.209. The van der Waals surface area contributed by atoms with Crippen LogP contribution in [0.15, 0.2) is 24.2 Å². The van der Waals surface area contributed by atoms with E-state index in [0.717, 1.165) is 0 Å². The summed E-state index contributed by atoms with van der Waals surface area (Å²) in [5, 5.41) is 2.48. The lowest BCUT2D eigenvalue weighted by atomic mass is 10.3. The normalized spacial score (nSPS) is 18.5. The molecule has 0 unspecified atom stereocenters. The molecule has 4 nitrogen and oxygen atoms in total. The van der Waals surface area contributed by atoms with E-state index in [9.17, 15) is 4.79 Å². The SMILES string of the molecule is C=C1NC(=O)N(C)C=C1N. The smallest absolute Gasteiger partial charge is 0.325 e. The van der Waals surface area contributed by atoms with Crippen LogP contribution in [0.3, 0.4) is 0 Å². The zero-order valence-corrected chi connectivity index (χ0v) is 5.72. The Labute approximate surface area is 59.0 Å². The summed E-state index contributed by atoms with van der Waals surface area (Å²) < 4.78 is 0. The van der Waals surface area contributed by atoms with Gasteiger partial charge in [0.25, 0.3) is 0 Å². The average Bonchev–Trinajstić information content (AvgIpc) is 1.84. The van der Waals surface area contributed by atoms with Crippen molar-refractivity contribution in [3.8, 4) is 0 Å². The van der Waals surface area contributed by atoms with E-state index in [0.29, 0.717) is 11.4 Å². The minimum absolute atomic E-state index is 0.209. The monoisotopic (exact) mass is 139 g/mol. The van der Waals surface area contributed by atoms with E-state index in [-0.39, 0.29) is 6.03 Å². The Morgan fingerprint density at radius 2 is 2.40 bits per heavy atom. The Kier molecular flexibility index (Phi) is 1.37. The summed E-state index contributed by atoms with van der Waals surface area (Å²) >= 11 is 0. The van der Waals surface area contributed by atoms with Crippen LogP contribution in [0.2, 0.25) is 0 Å². The molecule has 1 heterocycles. The van der Waals surface area contributed by atoms with Crippen LogP contribution in [-0.4, -0.2) is 18.0 Å². The Morgan fingerprint density at radius 3 is 2.90 bits per heavy atom. The largest absolute Gasteiger partial charge is 0.396 e. The molecule has 0 aromatic heterocycles. The number of nitrogens with two attached hydrogens (primary N) is 1. The first kappa shape index (κ1) is 6.67. The van der Waals surface area contributed by atoms with Crippen molar-refractivity contribution in [1.82, 2.24) is 10.2 Å². The lowest BCUT2D eigenvalue weighted by molar-refractivity contribution is 0.223. The Bertz CT molecular complexity index is 219. The zero-order valence-electron chi connectivity index (χ0n) is 5.72. The highest BCUT2D eigenvalue weighted by Crippen LogP contribution is 2.04. The maximum absolute atomic E-state index is 10.8. The van der Waals surface area contributed by atoms with Crippen molar-refractivity contribution in [2.24, 2.45) is 5.73 Å². The highest BCUT2D eigenvalue weighted by Gasteiger charge is 2.14. The molecule has 0 aliphatic carbocycles. The van der Waals surface area contributed by atoms with E-state index < -0.39 is 0 Å².